The number of benzene rings is 2. The fraction of sp³-hybridized carbons (Fsp3) is 0.294. The molecule has 0 saturated carbocycles. The molecule has 0 atom stereocenters. The molecule has 1 saturated heterocycles. The van der Waals surface area contributed by atoms with Crippen molar-refractivity contribution < 1.29 is 9.47 Å². The molecule has 2 aromatic carbocycles. The third-order valence-corrected chi connectivity index (χ3v) is 3.60. The Morgan fingerprint density at radius 1 is 1.05 bits per heavy atom. The number of nitrogens with zero attached hydrogens (tertiary/aromatic N) is 1. The molecule has 1 aliphatic heterocycles. The molecule has 0 spiro atoms. The summed E-state index contributed by atoms with van der Waals surface area (Å²) >= 11 is 0. The van der Waals surface area contributed by atoms with Crippen molar-refractivity contribution in [2.45, 2.75) is 6.61 Å². The molecule has 2 aromatic rings. The SMILES string of the molecule is Nc1cc(OCc2ccccc2)ccc1N1CCOCC1. The summed E-state index contributed by atoms with van der Waals surface area (Å²) in [7, 11) is 0. The van der Waals surface area contributed by atoms with Crippen LogP contribution in [-0.4, -0.2) is 26.3 Å². The molecule has 21 heavy (non-hydrogen) atoms. The highest BCUT2D eigenvalue weighted by Gasteiger charge is 2.14. The molecule has 0 aromatic heterocycles. The van der Waals surface area contributed by atoms with Gasteiger partial charge in [0.1, 0.15) is 12.4 Å². The number of nitrogens with two attached hydrogens (primary N) is 1. The Hall–Kier alpha value is -2.20. The van der Waals surface area contributed by atoms with Gasteiger partial charge in [-0.15, -0.1) is 0 Å². The van der Waals surface area contributed by atoms with E-state index >= 15 is 0 Å². The molecule has 110 valence electrons. The van der Waals surface area contributed by atoms with Gasteiger partial charge in [-0.05, 0) is 17.7 Å². The highest BCUT2D eigenvalue weighted by Crippen LogP contribution is 2.28. The fourth-order valence-corrected chi connectivity index (χ4v) is 2.46. The maximum Gasteiger partial charge on any atom is 0.122 e. The van der Waals surface area contributed by atoms with Crippen LogP contribution >= 0.6 is 0 Å². The maximum atomic E-state index is 6.16. The van der Waals surface area contributed by atoms with Gasteiger partial charge in [-0.2, -0.15) is 0 Å². The molecule has 2 N–H and O–H groups in total. The van der Waals surface area contributed by atoms with Crippen molar-refractivity contribution in [3.05, 3.63) is 54.1 Å². The molecule has 0 unspecified atom stereocenters. The summed E-state index contributed by atoms with van der Waals surface area (Å²) in [5.74, 6) is 0.799. The van der Waals surface area contributed by atoms with E-state index in [4.69, 9.17) is 15.2 Å². The van der Waals surface area contributed by atoms with Crippen LogP contribution in [0.1, 0.15) is 5.56 Å². The second-order valence-corrected chi connectivity index (χ2v) is 5.09. The standard InChI is InChI=1S/C17H20N2O2/c18-16-12-15(21-13-14-4-2-1-3-5-14)6-7-17(16)19-8-10-20-11-9-19/h1-7,12H,8-11,13,18H2. The number of ether oxygens (including phenoxy) is 2. The average Bonchev–Trinajstić information content (AvgIpc) is 2.55. The van der Waals surface area contributed by atoms with E-state index in [1.54, 1.807) is 0 Å². The third kappa shape index (κ3) is 3.47. The Morgan fingerprint density at radius 3 is 2.52 bits per heavy atom. The summed E-state index contributed by atoms with van der Waals surface area (Å²) in [5.41, 5.74) is 9.12. The van der Waals surface area contributed by atoms with Gasteiger partial charge in [-0.25, -0.2) is 0 Å². The van der Waals surface area contributed by atoms with Crippen molar-refractivity contribution in [1.29, 1.82) is 0 Å². The van der Waals surface area contributed by atoms with Crippen LogP contribution in [0.15, 0.2) is 48.5 Å². The Morgan fingerprint density at radius 2 is 1.81 bits per heavy atom. The number of hydrogen-bond acceptors (Lipinski definition) is 4. The normalized spacial score (nSPS) is 15.0. The first kappa shape index (κ1) is 13.8. The number of nitrogen functional groups attached to an aromatic ring is 1. The van der Waals surface area contributed by atoms with E-state index in [-0.39, 0.29) is 0 Å². The molecule has 0 radical (unpaired) electrons. The molecule has 3 rings (SSSR count). The second kappa shape index (κ2) is 6.50. The van der Waals surface area contributed by atoms with Gasteiger partial charge in [0, 0.05) is 19.2 Å². The minimum atomic E-state index is 0.553. The van der Waals surface area contributed by atoms with Crippen LogP contribution in [0.3, 0.4) is 0 Å². The quantitative estimate of drug-likeness (QED) is 0.877. The van der Waals surface area contributed by atoms with Crippen LogP contribution < -0.4 is 15.4 Å². The Kier molecular flexibility index (Phi) is 4.26. The zero-order chi connectivity index (χ0) is 14.5. The smallest absolute Gasteiger partial charge is 0.122 e. The molecule has 1 fully saturated rings. The molecule has 1 heterocycles. The Labute approximate surface area is 125 Å². The lowest BCUT2D eigenvalue weighted by molar-refractivity contribution is 0.123. The first-order valence-electron chi connectivity index (χ1n) is 7.22. The summed E-state index contributed by atoms with van der Waals surface area (Å²) in [4.78, 5) is 2.25. The summed E-state index contributed by atoms with van der Waals surface area (Å²) in [6.07, 6.45) is 0. The summed E-state index contributed by atoms with van der Waals surface area (Å²) in [6.45, 7) is 3.83. The van der Waals surface area contributed by atoms with Crippen LogP contribution in [0.2, 0.25) is 0 Å². The van der Waals surface area contributed by atoms with Crippen molar-refractivity contribution >= 4 is 11.4 Å². The van der Waals surface area contributed by atoms with E-state index in [1.807, 2.05) is 48.5 Å². The van der Waals surface area contributed by atoms with Crippen LogP contribution in [0, 0.1) is 0 Å². The first-order chi connectivity index (χ1) is 10.3. The zero-order valence-corrected chi connectivity index (χ0v) is 12.0. The minimum absolute atomic E-state index is 0.553. The van der Waals surface area contributed by atoms with Gasteiger partial charge in [0.2, 0.25) is 0 Å². The number of hydrogen-bond donors (Lipinski definition) is 1. The van der Waals surface area contributed by atoms with Gasteiger partial charge < -0.3 is 20.1 Å². The van der Waals surface area contributed by atoms with Crippen molar-refractivity contribution in [2.24, 2.45) is 0 Å². The van der Waals surface area contributed by atoms with Gasteiger partial charge >= 0.3 is 0 Å². The van der Waals surface area contributed by atoms with Gasteiger partial charge in [0.15, 0.2) is 0 Å². The van der Waals surface area contributed by atoms with E-state index in [1.165, 1.54) is 0 Å². The minimum Gasteiger partial charge on any atom is -0.489 e. The average molecular weight is 284 g/mol. The summed E-state index contributed by atoms with van der Waals surface area (Å²) < 4.78 is 11.2. The second-order valence-electron chi connectivity index (χ2n) is 5.09. The molecule has 0 amide bonds. The Bertz CT molecular complexity index is 581. The molecule has 0 aliphatic carbocycles. The van der Waals surface area contributed by atoms with E-state index in [0.29, 0.717) is 6.61 Å². The van der Waals surface area contributed by atoms with Crippen molar-refractivity contribution in [3.8, 4) is 5.75 Å². The van der Waals surface area contributed by atoms with Gasteiger partial charge in [-0.3, -0.25) is 0 Å². The number of anilines is 2. The van der Waals surface area contributed by atoms with Crippen LogP contribution in [0.25, 0.3) is 0 Å². The predicted molar refractivity (Wildman–Crippen MR) is 84.7 cm³/mol. The lowest BCUT2D eigenvalue weighted by atomic mass is 10.2. The van der Waals surface area contributed by atoms with E-state index in [0.717, 1.165) is 49.0 Å². The molecule has 4 heteroatoms. The monoisotopic (exact) mass is 284 g/mol. The van der Waals surface area contributed by atoms with Crippen molar-refractivity contribution in [3.63, 3.8) is 0 Å². The van der Waals surface area contributed by atoms with Crippen LogP contribution in [-0.2, 0) is 11.3 Å². The first-order valence-corrected chi connectivity index (χ1v) is 7.22. The molecule has 4 nitrogen and oxygen atoms in total. The van der Waals surface area contributed by atoms with Crippen molar-refractivity contribution in [1.82, 2.24) is 0 Å². The molecular formula is C17H20N2O2. The van der Waals surface area contributed by atoms with E-state index in [2.05, 4.69) is 4.90 Å². The fourth-order valence-electron chi connectivity index (χ4n) is 2.46. The zero-order valence-electron chi connectivity index (χ0n) is 12.0. The summed E-state index contributed by atoms with van der Waals surface area (Å²) in [6, 6.07) is 16.0. The Balaban J connectivity index is 1.66. The van der Waals surface area contributed by atoms with Crippen LogP contribution in [0.5, 0.6) is 5.75 Å². The van der Waals surface area contributed by atoms with Crippen LogP contribution in [0.4, 0.5) is 11.4 Å². The van der Waals surface area contributed by atoms with Gasteiger partial charge in [0.25, 0.3) is 0 Å². The summed E-state index contributed by atoms with van der Waals surface area (Å²) in [5, 5.41) is 0. The predicted octanol–water partition coefficient (Wildman–Crippen LogP) is 2.68. The molecular weight excluding hydrogens is 264 g/mol. The van der Waals surface area contributed by atoms with Gasteiger partial charge in [0.05, 0.1) is 24.6 Å². The highest BCUT2D eigenvalue weighted by atomic mass is 16.5. The lowest BCUT2D eigenvalue weighted by Gasteiger charge is -2.30. The highest BCUT2D eigenvalue weighted by molar-refractivity contribution is 5.69. The number of morpholine rings is 1. The lowest BCUT2D eigenvalue weighted by Crippen LogP contribution is -2.36. The maximum absolute atomic E-state index is 6.16. The molecule has 1 aliphatic rings. The van der Waals surface area contributed by atoms with E-state index in [9.17, 15) is 0 Å². The molecule has 0 bridgehead atoms. The van der Waals surface area contributed by atoms with Crippen molar-refractivity contribution in [2.75, 3.05) is 36.9 Å². The third-order valence-electron chi connectivity index (χ3n) is 3.60. The largest absolute Gasteiger partial charge is 0.489 e. The number of rotatable bonds is 4. The topological polar surface area (TPSA) is 47.7 Å². The van der Waals surface area contributed by atoms with E-state index < -0.39 is 0 Å². The van der Waals surface area contributed by atoms with Gasteiger partial charge in [-0.1, -0.05) is 30.3 Å².